The number of aromatic nitrogens is 2. The first-order valence-electron chi connectivity index (χ1n) is 5.61. The Kier molecular flexibility index (Phi) is 2.49. The summed E-state index contributed by atoms with van der Waals surface area (Å²) in [5, 5.41) is 1.38. The SMILES string of the molecule is Cn1c2ccccc2c(=O)n1-c1ccc(Cl)cc1. The van der Waals surface area contributed by atoms with Crippen molar-refractivity contribution in [1.29, 1.82) is 0 Å². The third-order valence-electron chi connectivity index (χ3n) is 3.05. The molecule has 0 spiro atoms. The zero-order valence-electron chi connectivity index (χ0n) is 9.80. The van der Waals surface area contributed by atoms with Crippen LogP contribution in [0.2, 0.25) is 5.02 Å². The van der Waals surface area contributed by atoms with E-state index >= 15 is 0 Å². The molecule has 2 aromatic carbocycles. The van der Waals surface area contributed by atoms with E-state index in [0.717, 1.165) is 16.6 Å². The van der Waals surface area contributed by atoms with E-state index in [-0.39, 0.29) is 5.56 Å². The molecule has 1 aromatic heterocycles. The van der Waals surface area contributed by atoms with E-state index in [9.17, 15) is 4.79 Å². The fourth-order valence-corrected chi connectivity index (χ4v) is 2.29. The van der Waals surface area contributed by atoms with Gasteiger partial charge < -0.3 is 0 Å². The average molecular weight is 259 g/mol. The summed E-state index contributed by atoms with van der Waals surface area (Å²) in [5.41, 5.74) is 1.70. The van der Waals surface area contributed by atoms with Crippen molar-refractivity contribution in [1.82, 2.24) is 9.36 Å². The van der Waals surface area contributed by atoms with Crippen molar-refractivity contribution >= 4 is 22.5 Å². The molecule has 0 bridgehead atoms. The van der Waals surface area contributed by atoms with Crippen LogP contribution in [-0.4, -0.2) is 9.36 Å². The molecule has 3 rings (SSSR count). The maximum absolute atomic E-state index is 12.3. The highest BCUT2D eigenvalue weighted by atomic mass is 35.5. The summed E-state index contributed by atoms with van der Waals surface area (Å²) in [6, 6.07) is 14.8. The van der Waals surface area contributed by atoms with Gasteiger partial charge in [-0.25, -0.2) is 4.68 Å². The van der Waals surface area contributed by atoms with Gasteiger partial charge >= 0.3 is 0 Å². The third-order valence-corrected chi connectivity index (χ3v) is 3.30. The topological polar surface area (TPSA) is 26.9 Å². The molecule has 0 atom stereocenters. The van der Waals surface area contributed by atoms with Crippen LogP contribution in [0.4, 0.5) is 0 Å². The van der Waals surface area contributed by atoms with Gasteiger partial charge in [-0.05, 0) is 36.4 Å². The number of aryl methyl sites for hydroxylation is 1. The summed E-state index contributed by atoms with van der Waals surface area (Å²) in [5.74, 6) is 0. The molecule has 0 amide bonds. The van der Waals surface area contributed by atoms with Crippen molar-refractivity contribution in [3.63, 3.8) is 0 Å². The van der Waals surface area contributed by atoms with Crippen LogP contribution in [0.1, 0.15) is 0 Å². The average Bonchev–Trinajstić information content (AvgIpc) is 2.64. The molecule has 0 N–H and O–H groups in total. The largest absolute Gasteiger partial charge is 0.280 e. The van der Waals surface area contributed by atoms with Gasteiger partial charge in [-0.2, -0.15) is 0 Å². The lowest BCUT2D eigenvalue weighted by Crippen LogP contribution is -2.19. The number of benzene rings is 2. The van der Waals surface area contributed by atoms with E-state index in [0.29, 0.717) is 5.02 Å². The third kappa shape index (κ3) is 1.56. The fourth-order valence-electron chi connectivity index (χ4n) is 2.17. The molecule has 0 fully saturated rings. The zero-order chi connectivity index (χ0) is 12.7. The van der Waals surface area contributed by atoms with Gasteiger partial charge in [-0.15, -0.1) is 0 Å². The maximum atomic E-state index is 12.3. The Morgan fingerprint density at radius 3 is 2.33 bits per heavy atom. The van der Waals surface area contributed by atoms with E-state index in [1.54, 1.807) is 16.8 Å². The van der Waals surface area contributed by atoms with Crippen LogP contribution in [0, 0.1) is 0 Å². The second kappa shape index (κ2) is 4.03. The Morgan fingerprint density at radius 1 is 1.00 bits per heavy atom. The number of hydrogen-bond donors (Lipinski definition) is 0. The second-order valence-electron chi connectivity index (χ2n) is 4.13. The van der Waals surface area contributed by atoms with Crippen LogP contribution in [0.5, 0.6) is 0 Å². The van der Waals surface area contributed by atoms with Gasteiger partial charge in [0.2, 0.25) is 0 Å². The minimum Gasteiger partial charge on any atom is -0.280 e. The normalized spacial score (nSPS) is 11.0. The molecular weight excluding hydrogens is 248 g/mol. The molecule has 0 unspecified atom stereocenters. The van der Waals surface area contributed by atoms with Crippen molar-refractivity contribution in [2.45, 2.75) is 0 Å². The molecule has 90 valence electrons. The highest BCUT2D eigenvalue weighted by Gasteiger charge is 2.10. The van der Waals surface area contributed by atoms with Crippen molar-refractivity contribution in [3.05, 3.63) is 63.9 Å². The lowest BCUT2D eigenvalue weighted by Gasteiger charge is -2.07. The zero-order valence-corrected chi connectivity index (χ0v) is 10.6. The second-order valence-corrected chi connectivity index (χ2v) is 4.57. The standard InChI is InChI=1S/C14H11ClN2O/c1-16-13-5-3-2-4-12(13)14(18)17(16)11-8-6-10(15)7-9-11/h2-9H,1H3. The lowest BCUT2D eigenvalue weighted by molar-refractivity contribution is 0.666. The van der Waals surface area contributed by atoms with Gasteiger partial charge in [-0.1, -0.05) is 23.7 Å². The number of rotatable bonds is 1. The van der Waals surface area contributed by atoms with Crippen LogP contribution < -0.4 is 5.56 Å². The number of fused-ring (bicyclic) bond motifs is 1. The quantitative estimate of drug-likeness (QED) is 0.659. The van der Waals surface area contributed by atoms with E-state index < -0.39 is 0 Å². The predicted molar refractivity (Wildman–Crippen MR) is 73.5 cm³/mol. The van der Waals surface area contributed by atoms with Crippen LogP contribution in [0.15, 0.2) is 53.3 Å². The monoisotopic (exact) mass is 258 g/mol. The van der Waals surface area contributed by atoms with E-state index in [4.69, 9.17) is 11.6 Å². The van der Waals surface area contributed by atoms with Crippen LogP contribution in [-0.2, 0) is 7.05 Å². The molecule has 1 heterocycles. The Labute approximate surface area is 109 Å². The van der Waals surface area contributed by atoms with E-state index in [1.165, 1.54) is 0 Å². The van der Waals surface area contributed by atoms with Crippen LogP contribution in [0.25, 0.3) is 16.6 Å². The minimum atomic E-state index is -0.0181. The first-order valence-corrected chi connectivity index (χ1v) is 5.99. The van der Waals surface area contributed by atoms with Gasteiger partial charge in [-0.3, -0.25) is 9.48 Å². The number of hydrogen-bond acceptors (Lipinski definition) is 1. The first-order chi connectivity index (χ1) is 8.68. The molecule has 0 saturated heterocycles. The number of para-hydroxylation sites is 1. The molecular formula is C14H11ClN2O. The van der Waals surface area contributed by atoms with Gasteiger partial charge in [0.25, 0.3) is 5.56 Å². The molecule has 0 saturated carbocycles. The van der Waals surface area contributed by atoms with Crippen molar-refractivity contribution in [2.24, 2.45) is 7.05 Å². The van der Waals surface area contributed by atoms with Crippen molar-refractivity contribution < 1.29 is 0 Å². The number of nitrogens with zero attached hydrogens (tertiary/aromatic N) is 2. The number of halogens is 1. The Morgan fingerprint density at radius 2 is 1.67 bits per heavy atom. The highest BCUT2D eigenvalue weighted by molar-refractivity contribution is 6.30. The summed E-state index contributed by atoms with van der Waals surface area (Å²) in [6.07, 6.45) is 0. The van der Waals surface area contributed by atoms with Crippen molar-refractivity contribution in [2.75, 3.05) is 0 Å². The molecule has 0 aliphatic heterocycles. The molecule has 3 aromatic rings. The fraction of sp³-hybridized carbons (Fsp3) is 0.0714. The van der Waals surface area contributed by atoms with Crippen molar-refractivity contribution in [3.8, 4) is 5.69 Å². The van der Waals surface area contributed by atoms with Gasteiger partial charge in [0, 0.05) is 12.1 Å². The molecule has 3 nitrogen and oxygen atoms in total. The maximum Gasteiger partial charge on any atom is 0.279 e. The smallest absolute Gasteiger partial charge is 0.279 e. The first kappa shape index (κ1) is 11.1. The molecule has 18 heavy (non-hydrogen) atoms. The summed E-state index contributed by atoms with van der Waals surface area (Å²) in [6.45, 7) is 0. The molecule has 0 aliphatic rings. The summed E-state index contributed by atoms with van der Waals surface area (Å²) >= 11 is 5.86. The molecule has 0 aliphatic carbocycles. The van der Waals surface area contributed by atoms with E-state index in [2.05, 4.69) is 0 Å². The summed E-state index contributed by atoms with van der Waals surface area (Å²) in [4.78, 5) is 12.3. The highest BCUT2D eigenvalue weighted by Crippen LogP contribution is 2.15. The van der Waals surface area contributed by atoms with Gasteiger partial charge in [0.05, 0.1) is 16.6 Å². The van der Waals surface area contributed by atoms with Gasteiger partial charge in [0.1, 0.15) is 0 Å². The Balaban J connectivity index is 2.36. The van der Waals surface area contributed by atoms with E-state index in [1.807, 2.05) is 48.1 Å². The Hall–Kier alpha value is -2.00. The lowest BCUT2D eigenvalue weighted by atomic mass is 10.2. The Bertz CT molecular complexity index is 769. The molecule has 0 radical (unpaired) electrons. The van der Waals surface area contributed by atoms with Gasteiger partial charge in [0.15, 0.2) is 0 Å². The minimum absolute atomic E-state index is 0.0181. The van der Waals surface area contributed by atoms with Crippen LogP contribution in [0.3, 0.4) is 0 Å². The summed E-state index contributed by atoms with van der Waals surface area (Å²) in [7, 11) is 1.87. The summed E-state index contributed by atoms with van der Waals surface area (Å²) < 4.78 is 3.49. The van der Waals surface area contributed by atoms with Crippen LogP contribution >= 0.6 is 11.6 Å². The predicted octanol–water partition coefficient (Wildman–Crippen LogP) is 2.98. The molecule has 4 heteroatoms.